The van der Waals surface area contributed by atoms with Crippen LogP contribution < -0.4 is 0 Å². The predicted octanol–water partition coefficient (Wildman–Crippen LogP) is 2.75. The summed E-state index contributed by atoms with van der Waals surface area (Å²) in [4.78, 5) is 10.5. The van der Waals surface area contributed by atoms with Crippen LogP contribution in [0, 0.1) is 5.92 Å². The minimum Gasteiger partial charge on any atom is -0.452 e. The first-order chi connectivity index (χ1) is 5.02. The molecule has 0 heterocycles. The summed E-state index contributed by atoms with van der Waals surface area (Å²) in [5.74, 6) is 0.496. The Labute approximate surface area is 81.8 Å². The van der Waals surface area contributed by atoms with Gasteiger partial charge < -0.3 is 4.74 Å². The molecule has 0 aromatic carbocycles. The fourth-order valence-electron chi connectivity index (χ4n) is 0.703. The van der Waals surface area contributed by atoms with Crippen molar-refractivity contribution in [3.8, 4) is 0 Å². The molecule has 0 radical (unpaired) electrons. The van der Waals surface area contributed by atoms with Crippen LogP contribution in [0.25, 0.3) is 0 Å². The highest BCUT2D eigenvalue weighted by atomic mass is 127. The number of esters is 1. The van der Waals surface area contributed by atoms with Gasteiger partial charge in [0.2, 0.25) is 0 Å². The van der Waals surface area contributed by atoms with E-state index >= 15 is 0 Å². The lowest BCUT2D eigenvalue weighted by atomic mass is 10.1. The van der Waals surface area contributed by atoms with Crippen molar-refractivity contribution < 1.29 is 9.53 Å². The number of carbonyl (C=O) groups excluding carboxylic acids is 1. The Kier molecular flexibility index (Phi) is 5.91. The lowest BCUT2D eigenvalue weighted by Gasteiger charge is -2.10. The lowest BCUT2D eigenvalue weighted by molar-refractivity contribution is -0.141. The molecule has 11 heavy (non-hydrogen) atoms. The average molecular weight is 270 g/mol. The zero-order valence-corrected chi connectivity index (χ0v) is 9.42. The molecule has 0 N–H and O–H groups in total. The molecule has 0 fully saturated rings. The second kappa shape index (κ2) is 5.80. The summed E-state index contributed by atoms with van der Waals surface area (Å²) in [6.45, 7) is 5.77. The van der Waals surface area contributed by atoms with E-state index in [1.807, 2.05) is 0 Å². The molecule has 0 aromatic heterocycles. The van der Waals surface area contributed by atoms with Crippen LogP contribution in [0.5, 0.6) is 0 Å². The van der Waals surface area contributed by atoms with E-state index in [1.165, 1.54) is 6.92 Å². The van der Waals surface area contributed by atoms with Crippen molar-refractivity contribution in [1.29, 1.82) is 0 Å². The maximum absolute atomic E-state index is 10.5. The Balaban J connectivity index is 3.37. The van der Waals surface area contributed by atoms with E-state index in [0.717, 1.165) is 12.8 Å². The zero-order valence-electron chi connectivity index (χ0n) is 7.26. The Morgan fingerprint density at radius 3 is 2.36 bits per heavy atom. The second-order valence-electron chi connectivity index (χ2n) is 2.99. The summed E-state index contributed by atoms with van der Waals surface area (Å²) in [5.41, 5.74) is 0. The summed E-state index contributed by atoms with van der Waals surface area (Å²) in [6.07, 6.45) is 2.07. The molecule has 0 aliphatic heterocycles. The molecule has 3 heteroatoms. The number of hydrogen-bond donors (Lipinski definition) is 0. The van der Waals surface area contributed by atoms with Crippen molar-refractivity contribution in [3.05, 3.63) is 0 Å². The monoisotopic (exact) mass is 270 g/mol. The Hall–Kier alpha value is 0.200. The van der Waals surface area contributed by atoms with Gasteiger partial charge in [0.25, 0.3) is 0 Å². The van der Waals surface area contributed by atoms with Gasteiger partial charge in [-0.1, -0.05) is 13.8 Å². The highest BCUT2D eigenvalue weighted by Crippen LogP contribution is 2.14. The van der Waals surface area contributed by atoms with Crippen molar-refractivity contribution in [2.24, 2.45) is 5.92 Å². The van der Waals surface area contributed by atoms with Crippen LogP contribution >= 0.6 is 22.6 Å². The zero-order chi connectivity index (χ0) is 8.85. The minimum absolute atomic E-state index is 0.0486. The average Bonchev–Trinajstić information content (AvgIpc) is 1.82. The number of halogens is 1. The first-order valence-corrected chi connectivity index (χ1v) is 5.08. The molecule has 66 valence electrons. The third kappa shape index (κ3) is 8.10. The SMILES string of the molecule is CC(=O)OC(I)CCC(C)C. The van der Waals surface area contributed by atoms with Crippen LogP contribution in [0.3, 0.4) is 0 Å². The summed E-state index contributed by atoms with van der Waals surface area (Å²) >= 11 is 2.15. The molecular weight excluding hydrogens is 255 g/mol. The van der Waals surface area contributed by atoms with Gasteiger partial charge in [-0.05, 0) is 41.4 Å². The standard InChI is InChI=1S/C8H15IO2/c1-6(2)4-5-8(9)11-7(3)10/h6,8H,4-5H2,1-3H3. The number of carbonyl (C=O) groups is 1. The molecule has 0 aromatic rings. The number of ether oxygens (including phenoxy) is 1. The van der Waals surface area contributed by atoms with E-state index in [2.05, 4.69) is 36.4 Å². The van der Waals surface area contributed by atoms with Crippen molar-refractivity contribution in [2.75, 3.05) is 0 Å². The van der Waals surface area contributed by atoms with Gasteiger partial charge >= 0.3 is 5.97 Å². The molecule has 1 unspecified atom stereocenters. The highest BCUT2D eigenvalue weighted by molar-refractivity contribution is 14.1. The molecule has 1 atom stereocenters. The van der Waals surface area contributed by atoms with Gasteiger partial charge in [-0.15, -0.1) is 0 Å². The third-order valence-corrected chi connectivity index (χ3v) is 2.14. The molecule has 0 amide bonds. The fourth-order valence-corrected chi connectivity index (χ4v) is 1.42. The van der Waals surface area contributed by atoms with E-state index < -0.39 is 0 Å². The molecule has 0 rings (SSSR count). The highest BCUT2D eigenvalue weighted by Gasteiger charge is 2.07. The second-order valence-corrected chi connectivity index (χ2v) is 4.38. The van der Waals surface area contributed by atoms with Gasteiger partial charge in [0.15, 0.2) is 4.11 Å². The van der Waals surface area contributed by atoms with Gasteiger partial charge in [0, 0.05) is 6.92 Å². The van der Waals surface area contributed by atoms with Gasteiger partial charge in [-0.2, -0.15) is 0 Å². The molecule has 2 nitrogen and oxygen atoms in total. The van der Waals surface area contributed by atoms with Gasteiger partial charge in [0.1, 0.15) is 0 Å². The molecule has 0 saturated carbocycles. The van der Waals surface area contributed by atoms with Crippen LogP contribution in [-0.4, -0.2) is 10.1 Å². The third-order valence-electron chi connectivity index (χ3n) is 1.26. The fraction of sp³-hybridized carbons (Fsp3) is 0.875. The Morgan fingerprint density at radius 1 is 1.45 bits per heavy atom. The molecule has 0 saturated heterocycles. The summed E-state index contributed by atoms with van der Waals surface area (Å²) < 4.78 is 5.00. The first-order valence-electron chi connectivity index (χ1n) is 3.83. The van der Waals surface area contributed by atoms with Gasteiger partial charge in [0.05, 0.1) is 0 Å². The lowest BCUT2D eigenvalue weighted by Crippen LogP contribution is -2.09. The van der Waals surface area contributed by atoms with Crippen molar-refractivity contribution in [1.82, 2.24) is 0 Å². The van der Waals surface area contributed by atoms with Crippen LogP contribution in [0.1, 0.15) is 33.6 Å². The minimum atomic E-state index is -0.187. The van der Waals surface area contributed by atoms with Gasteiger partial charge in [-0.25, -0.2) is 0 Å². The van der Waals surface area contributed by atoms with E-state index in [0.29, 0.717) is 5.92 Å². The number of alkyl halides is 1. The van der Waals surface area contributed by atoms with Crippen LogP contribution in [0.2, 0.25) is 0 Å². The molecular formula is C8H15IO2. The van der Waals surface area contributed by atoms with Crippen LogP contribution in [0.15, 0.2) is 0 Å². The molecule has 0 aliphatic carbocycles. The van der Waals surface area contributed by atoms with Crippen LogP contribution in [-0.2, 0) is 9.53 Å². The van der Waals surface area contributed by atoms with Crippen molar-refractivity contribution in [2.45, 2.75) is 37.7 Å². The largest absolute Gasteiger partial charge is 0.452 e. The predicted molar refractivity (Wildman–Crippen MR) is 53.6 cm³/mol. The van der Waals surface area contributed by atoms with Crippen LogP contribution in [0.4, 0.5) is 0 Å². The van der Waals surface area contributed by atoms with Crippen molar-refractivity contribution in [3.63, 3.8) is 0 Å². The van der Waals surface area contributed by atoms with Gasteiger partial charge in [-0.3, -0.25) is 4.79 Å². The van der Waals surface area contributed by atoms with E-state index in [4.69, 9.17) is 4.74 Å². The van der Waals surface area contributed by atoms with E-state index in [9.17, 15) is 4.79 Å². The van der Waals surface area contributed by atoms with Crippen molar-refractivity contribution >= 4 is 28.6 Å². The summed E-state index contributed by atoms with van der Waals surface area (Å²) in [7, 11) is 0. The number of rotatable bonds is 4. The summed E-state index contributed by atoms with van der Waals surface area (Å²) in [5, 5.41) is 0. The number of hydrogen-bond acceptors (Lipinski definition) is 2. The smallest absolute Gasteiger partial charge is 0.303 e. The van der Waals surface area contributed by atoms with E-state index in [1.54, 1.807) is 0 Å². The maximum atomic E-state index is 10.5. The topological polar surface area (TPSA) is 26.3 Å². The first kappa shape index (κ1) is 11.2. The maximum Gasteiger partial charge on any atom is 0.303 e. The Bertz CT molecular complexity index is 123. The molecule has 0 aliphatic rings. The quantitative estimate of drug-likeness (QED) is 0.446. The van der Waals surface area contributed by atoms with E-state index in [-0.39, 0.29) is 10.1 Å². The molecule has 0 bridgehead atoms. The summed E-state index contributed by atoms with van der Waals surface area (Å²) in [6, 6.07) is 0. The normalized spacial score (nSPS) is 13.2. The Morgan fingerprint density at radius 2 is 2.00 bits per heavy atom. The molecule has 0 spiro atoms.